The van der Waals surface area contributed by atoms with Crippen LogP contribution < -0.4 is 10.9 Å². The second-order valence-electron chi connectivity index (χ2n) is 8.85. The number of rotatable bonds is 3. The topological polar surface area (TPSA) is 54.0 Å². The molecular formula is C23H23N3O. The molecule has 136 valence electrons. The molecule has 7 rings (SSSR count). The van der Waals surface area contributed by atoms with Crippen LogP contribution in [0, 0.1) is 23.2 Å². The van der Waals surface area contributed by atoms with E-state index in [1.54, 1.807) is 0 Å². The van der Waals surface area contributed by atoms with Crippen molar-refractivity contribution in [1.82, 2.24) is 10.4 Å². The number of pyridine rings is 1. The summed E-state index contributed by atoms with van der Waals surface area (Å²) in [5.41, 5.74) is 9.07. The maximum absolute atomic E-state index is 13.2. The Balaban J connectivity index is 1.35. The van der Waals surface area contributed by atoms with E-state index in [0.29, 0.717) is 0 Å². The van der Waals surface area contributed by atoms with Crippen molar-refractivity contribution in [1.29, 1.82) is 0 Å². The smallest absolute Gasteiger partial charge is 0.244 e. The molecule has 1 amide bonds. The molecule has 0 spiro atoms. The minimum atomic E-state index is -0.137. The van der Waals surface area contributed by atoms with Crippen LogP contribution in [0.1, 0.15) is 32.1 Å². The summed E-state index contributed by atoms with van der Waals surface area (Å²) < 4.78 is 0. The van der Waals surface area contributed by atoms with Gasteiger partial charge in [0.15, 0.2) is 0 Å². The number of hydrogen-bond donors (Lipinski definition) is 2. The molecule has 4 aliphatic carbocycles. The molecule has 2 unspecified atom stereocenters. The number of amides is 1. The van der Waals surface area contributed by atoms with Gasteiger partial charge in [0.05, 0.1) is 22.1 Å². The Morgan fingerprint density at radius 1 is 0.889 bits per heavy atom. The Hall–Kier alpha value is -2.62. The first-order valence-corrected chi connectivity index (χ1v) is 10.1. The van der Waals surface area contributed by atoms with Crippen molar-refractivity contribution in [2.24, 2.45) is 23.2 Å². The molecule has 0 aliphatic heterocycles. The fourth-order valence-electron chi connectivity index (χ4n) is 6.31. The van der Waals surface area contributed by atoms with Gasteiger partial charge >= 0.3 is 0 Å². The number of para-hydroxylation sites is 2. The third kappa shape index (κ3) is 2.22. The highest BCUT2D eigenvalue weighted by molar-refractivity contribution is 6.07. The number of aromatic nitrogens is 1. The number of anilines is 1. The number of nitrogens with zero attached hydrogens (tertiary/aromatic N) is 1. The van der Waals surface area contributed by atoms with E-state index in [2.05, 4.69) is 23.0 Å². The van der Waals surface area contributed by atoms with Crippen LogP contribution >= 0.6 is 0 Å². The molecule has 4 aliphatic rings. The summed E-state index contributed by atoms with van der Waals surface area (Å²) in [7, 11) is 0. The predicted octanol–water partition coefficient (Wildman–Crippen LogP) is 4.66. The number of carbonyl (C=O) groups excluding carboxylic acids is 1. The molecule has 4 nitrogen and oxygen atoms in total. The van der Waals surface area contributed by atoms with E-state index in [1.165, 1.54) is 12.8 Å². The standard InChI is InChI=1S/C23H23N3O/c27-22(23-11-14-9-15(12-23)16(10-14)13-23)26-25-21-17-5-1-3-7-19(17)24-20-8-4-2-6-18(20)21/h1-8,14-16H,9-13H2,(H,24,25)(H,26,27). The van der Waals surface area contributed by atoms with Gasteiger partial charge in [0.2, 0.25) is 5.91 Å². The quantitative estimate of drug-likeness (QED) is 0.530. The zero-order valence-corrected chi connectivity index (χ0v) is 15.2. The van der Waals surface area contributed by atoms with Crippen molar-refractivity contribution in [2.45, 2.75) is 32.1 Å². The molecule has 0 saturated heterocycles. The van der Waals surface area contributed by atoms with Crippen molar-refractivity contribution < 1.29 is 4.79 Å². The normalized spacial score (nSPS) is 30.9. The van der Waals surface area contributed by atoms with Gasteiger partial charge in [-0.1, -0.05) is 36.4 Å². The first-order chi connectivity index (χ1) is 13.2. The number of carbonyl (C=O) groups is 1. The number of nitrogens with one attached hydrogen (secondary N) is 2. The van der Waals surface area contributed by atoms with Gasteiger partial charge in [-0.3, -0.25) is 15.6 Å². The highest BCUT2D eigenvalue weighted by Gasteiger charge is 2.59. The van der Waals surface area contributed by atoms with Crippen LogP contribution in [0.25, 0.3) is 21.8 Å². The van der Waals surface area contributed by atoms with Crippen molar-refractivity contribution in [2.75, 3.05) is 5.43 Å². The van der Waals surface area contributed by atoms with E-state index in [9.17, 15) is 4.79 Å². The second-order valence-corrected chi connectivity index (χ2v) is 8.85. The summed E-state index contributed by atoms with van der Waals surface area (Å²) in [4.78, 5) is 18.0. The molecule has 1 heterocycles. The van der Waals surface area contributed by atoms with Crippen LogP contribution in [0.2, 0.25) is 0 Å². The summed E-state index contributed by atoms with van der Waals surface area (Å²) in [5, 5.41) is 2.06. The highest BCUT2D eigenvalue weighted by Crippen LogP contribution is 2.64. The first kappa shape index (κ1) is 15.4. The summed E-state index contributed by atoms with van der Waals surface area (Å²) in [5.74, 6) is 2.54. The molecule has 2 N–H and O–H groups in total. The molecule has 0 radical (unpaired) electrons. The molecule has 4 saturated carbocycles. The van der Waals surface area contributed by atoms with Crippen LogP contribution in [-0.2, 0) is 4.79 Å². The van der Waals surface area contributed by atoms with Crippen LogP contribution in [0.3, 0.4) is 0 Å². The molecule has 2 atom stereocenters. The Kier molecular flexibility index (Phi) is 3.11. The summed E-state index contributed by atoms with van der Waals surface area (Å²) in [6.45, 7) is 0. The lowest BCUT2D eigenvalue weighted by atomic mass is 9.69. The van der Waals surface area contributed by atoms with Crippen molar-refractivity contribution in [3.63, 3.8) is 0 Å². The van der Waals surface area contributed by atoms with Gasteiger partial charge in [-0.2, -0.15) is 0 Å². The van der Waals surface area contributed by atoms with E-state index >= 15 is 0 Å². The second kappa shape index (κ2) is 5.44. The number of fused-ring (bicyclic) bond motifs is 2. The highest BCUT2D eigenvalue weighted by atomic mass is 16.2. The molecule has 27 heavy (non-hydrogen) atoms. The molecular weight excluding hydrogens is 334 g/mol. The maximum atomic E-state index is 13.2. The number of hydrogen-bond acceptors (Lipinski definition) is 3. The third-order valence-electron chi connectivity index (χ3n) is 7.29. The van der Waals surface area contributed by atoms with Crippen LogP contribution in [0.15, 0.2) is 48.5 Å². The zero-order valence-electron chi connectivity index (χ0n) is 15.2. The van der Waals surface area contributed by atoms with Gasteiger partial charge in [0.25, 0.3) is 0 Å². The van der Waals surface area contributed by atoms with Gasteiger partial charge < -0.3 is 0 Å². The fraction of sp³-hybridized carbons (Fsp3) is 0.391. The van der Waals surface area contributed by atoms with Crippen LogP contribution in [0.4, 0.5) is 5.69 Å². The predicted molar refractivity (Wildman–Crippen MR) is 107 cm³/mol. The third-order valence-corrected chi connectivity index (χ3v) is 7.29. The van der Waals surface area contributed by atoms with Crippen molar-refractivity contribution in [3.8, 4) is 0 Å². The summed E-state index contributed by atoms with van der Waals surface area (Å²) >= 11 is 0. The van der Waals surface area contributed by atoms with Gasteiger partial charge in [-0.15, -0.1) is 0 Å². The Morgan fingerprint density at radius 2 is 1.48 bits per heavy atom. The van der Waals surface area contributed by atoms with Gasteiger partial charge in [-0.05, 0) is 62.0 Å². The first-order valence-electron chi connectivity index (χ1n) is 10.1. The maximum Gasteiger partial charge on any atom is 0.244 e. The summed E-state index contributed by atoms with van der Waals surface area (Å²) in [6.07, 6.45) is 5.95. The van der Waals surface area contributed by atoms with E-state index in [4.69, 9.17) is 4.98 Å². The minimum Gasteiger partial charge on any atom is -0.297 e. The molecule has 4 heteroatoms. The van der Waals surface area contributed by atoms with E-state index in [1.807, 2.05) is 36.4 Å². The SMILES string of the molecule is O=C(NNc1c2ccccc2nc2ccccc12)C12CC3CC(C1)C(C3)C2. The fourth-order valence-corrected chi connectivity index (χ4v) is 6.31. The number of benzene rings is 2. The van der Waals surface area contributed by atoms with E-state index in [-0.39, 0.29) is 11.3 Å². The monoisotopic (exact) mass is 357 g/mol. The number of hydrazine groups is 1. The molecule has 2 aromatic carbocycles. The Bertz CT molecular complexity index is 1000. The van der Waals surface area contributed by atoms with Crippen LogP contribution in [-0.4, -0.2) is 10.9 Å². The minimum absolute atomic E-state index is 0.137. The largest absolute Gasteiger partial charge is 0.297 e. The Morgan fingerprint density at radius 3 is 2.07 bits per heavy atom. The van der Waals surface area contributed by atoms with Crippen molar-refractivity contribution >= 4 is 33.4 Å². The Labute approximate surface area is 158 Å². The summed E-state index contributed by atoms with van der Waals surface area (Å²) in [6, 6.07) is 16.2. The van der Waals surface area contributed by atoms with Crippen LogP contribution in [0.5, 0.6) is 0 Å². The van der Waals surface area contributed by atoms with E-state index < -0.39 is 0 Å². The van der Waals surface area contributed by atoms with Gasteiger partial charge in [0, 0.05) is 10.8 Å². The van der Waals surface area contributed by atoms with Gasteiger partial charge in [-0.25, -0.2) is 4.98 Å². The van der Waals surface area contributed by atoms with E-state index in [0.717, 1.165) is 64.5 Å². The lowest BCUT2D eigenvalue weighted by Gasteiger charge is -2.36. The average molecular weight is 357 g/mol. The molecule has 3 aromatic rings. The zero-order chi connectivity index (χ0) is 18.0. The molecule has 1 aromatic heterocycles. The lowest BCUT2D eigenvalue weighted by Crippen LogP contribution is -2.45. The molecule has 4 bridgehead atoms. The van der Waals surface area contributed by atoms with Gasteiger partial charge in [0.1, 0.15) is 0 Å². The average Bonchev–Trinajstić information content (AvgIpc) is 3.12. The molecule has 4 fully saturated rings. The lowest BCUT2D eigenvalue weighted by molar-refractivity contribution is -0.133. The van der Waals surface area contributed by atoms with Crippen molar-refractivity contribution in [3.05, 3.63) is 48.5 Å².